The zero-order valence-corrected chi connectivity index (χ0v) is 7.85. The Balaban J connectivity index is 2.50. The summed E-state index contributed by atoms with van der Waals surface area (Å²) >= 11 is 0. The van der Waals surface area contributed by atoms with Gasteiger partial charge < -0.3 is 10.1 Å². The summed E-state index contributed by atoms with van der Waals surface area (Å²) in [5.41, 5.74) is -0.422. The quantitative estimate of drug-likeness (QED) is 0.632. The largest absolute Gasteiger partial charge is 0.465 e. The van der Waals surface area contributed by atoms with E-state index in [4.69, 9.17) is 4.74 Å². The summed E-state index contributed by atoms with van der Waals surface area (Å²) in [6, 6.07) is 0. The van der Waals surface area contributed by atoms with Crippen LogP contribution in [0.15, 0.2) is 0 Å². The van der Waals surface area contributed by atoms with Gasteiger partial charge in [0.1, 0.15) is 5.54 Å². The summed E-state index contributed by atoms with van der Waals surface area (Å²) < 4.78 is 4.98. The Hall–Kier alpha value is -0.570. The van der Waals surface area contributed by atoms with Crippen molar-refractivity contribution in [2.75, 3.05) is 13.2 Å². The van der Waals surface area contributed by atoms with Crippen LogP contribution in [-0.4, -0.2) is 24.7 Å². The molecule has 0 saturated carbocycles. The standard InChI is InChI=1S/C9H17NO2/c1-3-12-8(11)9(2)6-4-5-7-10-9/h10H,3-7H2,1-2H3/t9-/m0/s1. The molecule has 1 atom stereocenters. The van der Waals surface area contributed by atoms with Crippen LogP contribution >= 0.6 is 0 Å². The van der Waals surface area contributed by atoms with Gasteiger partial charge in [-0.3, -0.25) is 4.79 Å². The maximum atomic E-state index is 11.4. The Morgan fingerprint density at radius 1 is 1.58 bits per heavy atom. The molecule has 70 valence electrons. The number of hydrogen-bond acceptors (Lipinski definition) is 3. The van der Waals surface area contributed by atoms with E-state index in [0.717, 1.165) is 25.8 Å². The van der Waals surface area contributed by atoms with E-state index in [1.165, 1.54) is 0 Å². The first-order chi connectivity index (χ1) is 5.69. The van der Waals surface area contributed by atoms with Crippen molar-refractivity contribution in [3.63, 3.8) is 0 Å². The molecule has 1 aliphatic rings. The molecule has 0 radical (unpaired) electrons. The van der Waals surface area contributed by atoms with Gasteiger partial charge in [-0.05, 0) is 39.7 Å². The van der Waals surface area contributed by atoms with Gasteiger partial charge in [-0.15, -0.1) is 0 Å². The highest BCUT2D eigenvalue weighted by Gasteiger charge is 2.35. The summed E-state index contributed by atoms with van der Waals surface area (Å²) in [6.07, 6.45) is 3.17. The fourth-order valence-electron chi connectivity index (χ4n) is 1.52. The second kappa shape index (κ2) is 3.90. The predicted molar refractivity (Wildman–Crippen MR) is 46.9 cm³/mol. The maximum Gasteiger partial charge on any atom is 0.326 e. The minimum atomic E-state index is -0.422. The topological polar surface area (TPSA) is 38.3 Å². The van der Waals surface area contributed by atoms with E-state index in [1.54, 1.807) is 0 Å². The first kappa shape index (κ1) is 9.52. The lowest BCUT2D eigenvalue weighted by Crippen LogP contribution is -2.53. The van der Waals surface area contributed by atoms with Crippen molar-refractivity contribution in [2.45, 2.75) is 38.6 Å². The fourth-order valence-corrected chi connectivity index (χ4v) is 1.52. The summed E-state index contributed by atoms with van der Waals surface area (Å²) in [6.45, 7) is 5.15. The third kappa shape index (κ3) is 1.97. The second-order valence-electron chi connectivity index (χ2n) is 3.44. The van der Waals surface area contributed by atoms with Gasteiger partial charge in [0.25, 0.3) is 0 Å². The summed E-state index contributed by atoms with van der Waals surface area (Å²) in [5.74, 6) is -0.107. The van der Waals surface area contributed by atoms with Gasteiger partial charge in [0.2, 0.25) is 0 Å². The zero-order valence-electron chi connectivity index (χ0n) is 7.85. The molecule has 0 amide bonds. The van der Waals surface area contributed by atoms with Gasteiger partial charge in [0, 0.05) is 0 Å². The molecule has 1 N–H and O–H groups in total. The van der Waals surface area contributed by atoms with Crippen LogP contribution in [0.4, 0.5) is 0 Å². The van der Waals surface area contributed by atoms with Crippen LogP contribution < -0.4 is 5.32 Å². The normalized spacial score (nSPS) is 29.8. The van der Waals surface area contributed by atoms with Gasteiger partial charge >= 0.3 is 5.97 Å². The van der Waals surface area contributed by atoms with Crippen LogP contribution in [-0.2, 0) is 9.53 Å². The number of esters is 1. The lowest BCUT2D eigenvalue weighted by Gasteiger charge is -2.32. The number of hydrogen-bond donors (Lipinski definition) is 1. The Bertz CT molecular complexity index is 162. The number of ether oxygens (including phenoxy) is 1. The molecule has 1 heterocycles. The van der Waals surface area contributed by atoms with Crippen molar-refractivity contribution in [2.24, 2.45) is 0 Å². The highest BCUT2D eigenvalue weighted by molar-refractivity contribution is 5.80. The smallest absolute Gasteiger partial charge is 0.326 e. The molecule has 3 nitrogen and oxygen atoms in total. The molecule has 0 spiro atoms. The van der Waals surface area contributed by atoms with Crippen molar-refractivity contribution in [3.8, 4) is 0 Å². The summed E-state index contributed by atoms with van der Waals surface area (Å²) in [4.78, 5) is 11.4. The predicted octanol–water partition coefficient (Wildman–Crippen LogP) is 1.08. The Morgan fingerprint density at radius 2 is 2.33 bits per heavy atom. The minimum Gasteiger partial charge on any atom is -0.465 e. The molecular formula is C9H17NO2. The summed E-state index contributed by atoms with van der Waals surface area (Å²) in [5, 5.41) is 3.21. The van der Waals surface area contributed by atoms with Crippen molar-refractivity contribution in [1.29, 1.82) is 0 Å². The molecule has 0 aromatic heterocycles. The van der Waals surface area contributed by atoms with Crippen molar-refractivity contribution in [3.05, 3.63) is 0 Å². The van der Waals surface area contributed by atoms with Crippen molar-refractivity contribution >= 4 is 5.97 Å². The van der Waals surface area contributed by atoms with Crippen LogP contribution in [0.2, 0.25) is 0 Å². The van der Waals surface area contributed by atoms with Crippen LogP contribution in [0.1, 0.15) is 33.1 Å². The average Bonchev–Trinajstić information content (AvgIpc) is 2.06. The van der Waals surface area contributed by atoms with Gasteiger partial charge in [0.15, 0.2) is 0 Å². The molecule has 0 aliphatic carbocycles. The minimum absolute atomic E-state index is 0.107. The summed E-state index contributed by atoms with van der Waals surface area (Å²) in [7, 11) is 0. The third-order valence-electron chi connectivity index (χ3n) is 2.34. The van der Waals surface area contributed by atoms with Crippen LogP contribution in [0.25, 0.3) is 0 Å². The molecule has 0 aromatic carbocycles. The molecule has 1 rings (SSSR count). The van der Waals surface area contributed by atoms with E-state index in [1.807, 2.05) is 13.8 Å². The lowest BCUT2D eigenvalue weighted by atomic mass is 9.91. The van der Waals surface area contributed by atoms with Gasteiger partial charge in [-0.2, -0.15) is 0 Å². The molecule has 0 bridgehead atoms. The maximum absolute atomic E-state index is 11.4. The van der Waals surface area contributed by atoms with Crippen LogP contribution in [0.3, 0.4) is 0 Å². The van der Waals surface area contributed by atoms with Gasteiger partial charge in [-0.1, -0.05) is 0 Å². The highest BCUT2D eigenvalue weighted by atomic mass is 16.5. The number of carbonyl (C=O) groups is 1. The number of rotatable bonds is 2. The van der Waals surface area contributed by atoms with Crippen LogP contribution in [0.5, 0.6) is 0 Å². The SMILES string of the molecule is CCOC(=O)[C@]1(C)CCCCN1. The molecule has 3 heteroatoms. The van der Waals surface area contributed by atoms with E-state index in [2.05, 4.69) is 5.32 Å². The second-order valence-corrected chi connectivity index (χ2v) is 3.44. The van der Waals surface area contributed by atoms with Gasteiger partial charge in [-0.25, -0.2) is 0 Å². The van der Waals surface area contributed by atoms with E-state index in [-0.39, 0.29) is 5.97 Å². The first-order valence-corrected chi connectivity index (χ1v) is 4.61. The Morgan fingerprint density at radius 3 is 2.83 bits per heavy atom. The highest BCUT2D eigenvalue weighted by Crippen LogP contribution is 2.19. The van der Waals surface area contributed by atoms with E-state index >= 15 is 0 Å². The van der Waals surface area contributed by atoms with E-state index in [0.29, 0.717) is 6.61 Å². The van der Waals surface area contributed by atoms with Crippen molar-refractivity contribution in [1.82, 2.24) is 5.32 Å². The van der Waals surface area contributed by atoms with E-state index in [9.17, 15) is 4.79 Å². The zero-order chi connectivity index (χ0) is 9.03. The first-order valence-electron chi connectivity index (χ1n) is 4.61. The third-order valence-corrected chi connectivity index (χ3v) is 2.34. The Kier molecular flexibility index (Phi) is 3.09. The molecule has 0 unspecified atom stereocenters. The fraction of sp³-hybridized carbons (Fsp3) is 0.889. The molecular weight excluding hydrogens is 154 g/mol. The Labute approximate surface area is 73.5 Å². The lowest BCUT2D eigenvalue weighted by molar-refractivity contribution is -0.151. The van der Waals surface area contributed by atoms with E-state index < -0.39 is 5.54 Å². The molecule has 1 fully saturated rings. The molecule has 12 heavy (non-hydrogen) atoms. The van der Waals surface area contributed by atoms with Crippen LogP contribution in [0, 0.1) is 0 Å². The van der Waals surface area contributed by atoms with Crippen molar-refractivity contribution < 1.29 is 9.53 Å². The number of carbonyl (C=O) groups excluding carboxylic acids is 1. The molecule has 1 aliphatic heterocycles. The number of nitrogens with one attached hydrogen (secondary N) is 1. The monoisotopic (exact) mass is 171 g/mol. The number of piperidine rings is 1. The van der Waals surface area contributed by atoms with Gasteiger partial charge in [0.05, 0.1) is 6.61 Å². The molecule has 0 aromatic rings. The molecule has 1 saturated heterocycles. The average molecular weight is 171 g/mol.